The van der Waals surface area contributed by atoms with Gasteiger partial charge in [0.25, 0.3) is 0 Å². The summed E-state index contributed by atoms with van der Waals surface area (Å²) < 4.78 is 0. The van der Waals surface area contributed by atoms with Crippen LogP contribution in [0, 0.1) is 5.92 Å². The van der Waals surface area contributed by atoms with Crippen LogP contribution in [0.2, 0.25) is 10.0 Å². The van der Waals surface area contributed by atoms with Gasteiger partial charge in [-0.25, -0.2) is 4.79 Å². The van der Waals surface area contributed by atoms with Gasteiger partial charge in [0.2, 0.25) is 5.91 Å². The summed E-state index contributed by atoms with van der Waals surface area (Å²) in [4.78, 5) is 29.0. The third kappa shape index (κ3) is 6.05. The highest BCUT2D eigenvalue weighted by atomic mass is 35.5. The van der Waals surface area contributed by atoms with Crippen LogP contribution in [0.4, 0.5) is 21.9 Å². The molecule has 1 heterocycles. The fourth-order valence-corrected chi connectivity index (χ4v) is 4.00. The molecule has 0 atom stereocenters. The van der Waals surface area contributed by atoms with E-state index in [4.69, 9.17) is 23.2 Å². The summed E-state index contributed by atoms with van der Waals surface area (Å²) in [6.45, 7) is 7.22. The van der Waals surface area contributed by atoms with Crippen LogP contribution in [0.5, 0.6) is 0 Å². The van der Waals surface area contributed by atoms with E-state index in [1.807, 2.05) is 29.2 Å². The molecule has 1 fully saturated rings. The number of nitrogens with one attached hydrogen (secondary N) is 2. The second-order valence-electron chi connectivity index (χ2n) is 7.58. The Morgan fingerprint density at radius 1 is 0.871 bits per heavy atom. The fraction of sp³-hybridized carbons (Fsp3) is 0.391. The second-order valence-corrected chi connectivity index (χ2v) is 8.40. The molecule has 166 valence electrons. The highest BCUT2D eigenvalue weighted by Gasteiger charge is 2.25. The predicted octanol–water partition coefficient (Wildman–Crippen LogP) is 5.72. The summed E-state index contributed by atoms with van der Waals surface area (Å²) in [5.41, 5.74) is 2.32. The summed E-state index contributed by atoms with van der Waals surface area (Å²) in [5.74, 6) is 0.407. The van der Waals surface area contributed by atoms with E-state index in [1.165, 1.54) is 0 Å². The lowest BCUT2D eigenvalue weighted by molar-refractivity contribution is -0.136. The van der Waals surface area contributed by atoms with Crippen LogP contribution in [0.15, 0.2) is 42.5 Å². The van der Waals surface area contributed by atoms with E-state index in [1.54, 1.807) is 18.2 Å². The number of carbonyl (C=O) groups is 2. The van der Waals surface area contributed by atoms with Crippen LogP contribution < -0.4 is 15.5 Å². The normalized spacial score (nSPS) is 14.0. The summed E-state index contributed by atoms with van der Waals surface area (Å²) in [5, 5.41) is 6.35. The van der Waals surface area contributed by atoms with Gasteiger partial charge in [-0.1, -0.05) is 37.0 Å². The molecule has 3 rings (SSSR count). The summed E-state index contributed by atoms with van der Waals surface area (Å²) in [6, 6.07) is 12.2. The van der Waals surface area contributed by atoms with Gasteiger partial charge in [-0.3, -0.25) is 4.79 Å². The Labute approximate surface area is 193 Å². The smallest absolute Gasteiger partial charge is 0.323 e. The Bertz CT molecular complexity index is 908. The molecule has 1 saturated heterocycles. The zero-order valence-electron chi connectivity index (χ0n) is 17.8. The molecule has 2 aromatic carbocycles. The molecular formula is C23H28Cl2N4O2. The average Bonchev–Trinajstić information content (AvgIpc) is 2.77. The number of benzene rings is 2. The molecule has 2 aromatic rings. The van der Waals surface area contributed by atoms with Crippen LogP contribution in [0.3, 0.4) is 0 Å². The van der Waals surface area contributed by atoms with Crippen LogP contribution in [-0.4, -0.2) is 43.0 Å². The van der Waals surface area contributed by atoms with Gasteiger partial charge >= 0.3 is 6.03 Å². The zero-order chi connectivity index (χ0) is 22.4. The molecule has 0 saturated carbocycles. The average molecular weight is 463 g/mol. The molecule has 6 nitrogen and oxygen atoms in total. The number of hydrogen-bond acceptors (Lipinski definition) is 3. The van der Waals surface area contributed by atoms with Gasteiger partial charge in [0, 0.05) is 49.2 Å². The minimum Gasteiger partial charge on any atom is -0.368 e. The quantitative estimate of drug-likeness (QED) is 0.576. The van der Waals surface area contributed by atoms with Gasteiger partial charge in [-0.2, -0.15) is 0 Å². The lowest BCUT2D eigenvalue weighted by Gasteiger charge is -2.37. The number of piperazine rings is 1. The van der Waals surface area contributed by atoms with Crippen molar-refractivity contribution in [3.63, 3.8) is 0 Å². The van der Waals surface area contributed by atoms with Crippen molar-refractivity contribution in [3.8, 4) is 0 Å². The number of nitrogens with zero attached hydrogens (tertiary/aromatic N) is 2. The Kier molecular flexibility index (Phi) is 8.04. The number of urea groups is 1. The molecule has 0 aromatic heterocycles. The van der Waals surface area contributed by atoms with E-state index in [2.05, 4.69) is 29.4 Å². The number of anilines is 3. The maximum atomic E-state index is 12.6. The maximum absolute atomic E-state index is 12.6. The maximum Gasteiger partial charge on any atom is 0.323 e. The van der Waals surface area contributed by atoms with Crippen molar-refractivity contribution in [2.75, 3.05) is 41.7 Å². The molecule has 0 bridgehead atoms. The van der Waals surface area contributed by atoms with Crippen molar-refractivity contribution in [2.24, 2.45) is 5.92 Å². The third-order valence-electron chi connectivity index (χ3n) is 5.59. The van der Waals surface area contributed by atoms with Crippen molar-refractivity contribution in [1.29, 1.82) is 0 Å². The van der Waals surface area contributed by atoms with E-state index < -0.39 is 0 Å². The Morgan fingerprint density at radius 2 is 1.45 bits per heavy atom. The first kappa shape index (κ1) is 23.2. The highest BCUT2D eigenvalue weighted by Crippen LogP contribution is 2.25. The van der Waals surface area contributed by atoms with Crippen LogP contribution >= 0.6 is 23.2 Å². The Hall–Kier alpha value is -2.44. The van der Waals surface area contributed by atoms with Crippen molar-refractivity contribution in [3.05, 3.63) is 52.5 Å². The molecule has 0 spiro atoms. The molecular weight excluding hydrogens is 435 g/mol. The van der Waals surface area contributed by atoms with Gasteiger partial charge in [0.05, 0.1) is 10.0 Å². The van der Waals surface area contributed by atoms with Crippen molar-refractivity contribution >= 4 is 52.2 Å². The molecule has 3 amide bonds. The Balaban J connectivity index is 1.51. The standard InChI is InChI=1S/C23H28Cl2N4O2/c1-3-16(4-2)22(30)29-13-11-28(12-14-29)19-8-5-17(6-9-19)26-23(31)27-18-7-10-20(24)21(25)15-18/h5-10,15-16H,3-4,11-14H2,1-2H3,(H2,26,27,31). The topological polar surface area (TPSA) is 64.7 Å². The lowest BCUT2D eigenvalue weighted by Crippen LogP contribution is -2.50. The van der Waals surface area contributed by atoms with Crippen LogP contribution in [-0.2, 0) is 4.79 Å². The van der Waals surface area contributed by atoms with Gasteiger partial charge in [0.15, 0.2) is 0 Å². The zero-order valence-corrected chi connectivity index (χ0v) is 19.3. The first-order valence-electron chi connectivity index (χ1n) is 10.6. The molecule has 2 N–H and O–H groups in total. The summed E-state index contributed by atoms with van der Waals surface area (Å²) >= 11 is 11.9. The number of carbonyl (C=O) groups excluding carboxylic acids is 2. The number of amides is 3. The predicted molar refractivity (Wildman–Crippen MR) is 128 cm³/mol. The molecule has 8 heteroatoms. The summed E-state index contributed by atoms with van der Waals surface area (Å²) in [6.07, 6.45) is 1.78. The Morgan fingerprint density at radius 3 is 2.03 bits per heavy atom. The van der Waals surface area contributed by atoms with Gasteiger partial charge in [-0.05, 0) is 55.3 Å². The van der Waals surface area contributed by atoms with E-state index in [-0.39, 0.29) is 17.9 Å². The molecule has 31 heavy (non-hydrogen) atoms. The monoisotopic (exact) mass is 462 g/mol. The largest absolute Gasteiger partial charge is 0.368 e. The number of halogens is 2. The van der Waals surface area contributed by atoms with Crippen molar-refractivity contribution in [2.45, 2.75) is 26.7 Å². The highest BCUT2D eigenvalue weighted by molar-refractivity contribution is 6.42. The van der Waals surface area contributed by atoms with Gasteiger partial charge in [-0.15, -0.1) is 0 Å². The van der Waals surface area contributed by atoms with Crippen LogP contribution in [0.25, 0.3) is 0 Å². The van der Waals surface area contributed by atoms with Crippen molar-refractivity contribution in [1.82, 2.24) is 4.90 Å². The van der Waals surface area contributed by atoms with E-state index in [0.29, 0.717) is 21.4 Å². The minimum absolute atomic E-state index is 0.131. The molecule has 0 radical (unpaired) electrons. The van der Waals surface area contributed by atoms with Gasteiger partial charge in [0.1, 0.15) is 0 Å². The van der Waals surface area contributed by atoms with E-state index in [0.717, 1.165) is 44.7 Å². The summed E-state index contributed by atoms with van der Waals surface area (Å²) in [7, 11) is 0. The first-order valence-corrected chi connectivity index (χ1v) is 11.3. The fourth-order valence-electron chi connectivity index (χ4n) is 3.70. The third-order valence-corrected chi connectivity index (χ3v) is 6.33. The molecule has 0 unspecified atom stereocenters. The molecule has 0 aliphatic carbocycles. The molecule has 1 aliphatic rings. The van der Waals surface area contributed by atoms with E-state index in [9.17, 15) is 9.59 Å². The number of rotatable bonds is 6. The number of hydrogen-bond donors (Lipinski definition) is 2. The van der Waals surface area contributed by atoms with Crippen molar-refractivity contribution < 1.29 is 9.59 Å². The van der Waals surface area contributed by atoms with Gasteiger partial charge < -0.3 is 20.4 Å². The minimum atomic E-state index is -0.361. The van der Waals surface area contributed by atoms with Crippen LogP contribution in [0.1, 0.15) is 26.7 Å². The lowest BCUT2D eigenvalue weighted by atomic mass is 10.0. The second kappa shape index (κ2) is 10.7. The SMILES string of the molecule is CCC(CC)C(=O)N1CCN(c2ccc(NC(=O)Nc3ccc(Cl)c(Cl)c3)cc2)CC1. The van der Waals surface area contributed by atoms with E-state index >= 15 is 0 Å². The molecule has 1 aliphatic heterocycles. The first-order chi connectivity index (χ1) is 14.9.